The first-order valence-electron chi connectivity index (χ1n) is 9.89. The zero-order chi connectivity index (χ0) is 18.3. The van der Waals surface area contributed by atoms with Crippen LogP contribution >= 0.6 is 0 Å². The molecule has 4 rings (SSSR count). The summed E-state index contributed by atoms with van der Waals surface area (Å²) in [6.45, 7) is 6.51. The van der Waals surface area contributed by atoms with Gasteiger partial charge in [-0.3, -0.25) is 4.79 Å². The van der Waals surface area contributed by atoms with Gasteiger partial charge in [0.1, 0.15) is 0 Å². The molecule has 1 atom stereocenters. The Morgan fingerprint density at radius 1 is 1.19 bits per heavy atom. The van der Waals surface area contributed by atoms with E-state index in [1.54, 1.807) is 0 Å². The number of benzene rings is 1. The van der Waals surface area contributed by atoms with Gasteiger partial charge in [0, 0.05) is 43.2 Å². The van der Waals surface area contributed by atoms with E-state index >= 15 is 0 Å². The zero-order valence-electron chi connectivity index (χ0n) is 15.9. The van der Waals surface area contributed by atoms with Crippen LogP contribution in [0.5, 0.6) is 0 Å². The van der Waals surface area contributed by atoms with Crippen LogP contribution < -0.4 is 5.32 Å². The van der Waals surface area contributed by atoms with Crippen molar-refractivity contribution >= 4 is 17.6 Å². The Hall–Kier alpha value is -2.04. The molecule has 5 nitrogen and oxygen atoms in total. The lowest BCUT2D eigenvalue weighted by Gasteiger charge is -2.48. The number of nitrogens with one attached hydrogen (secondary N) is 1. The molecule has 0 bridgehead atoms. The second-order valence-electron chi connectivity index (χ2n) is 8.46. The van der Waals surface area contributed by atoms with E-state index in [0.717, 1.165) is 63.0 Å². The number of urea groups is 1. The maximum Gasteiger partial charge on any atom is 0.321 e. The summed E-state index contributed by atoms with van der Waals surface area (Å²) in [5.74, 6) is 0.315. The molecule has 3 fully saturated rings. The first kappa shape index (κ1) is 17.4. The predicted molar refractivity (Wildman–Crippen MR) is 102 cm³/mol. The monoisotopic (exact) mass is 355 g/mol. The van der Waals surface area contributed by atoms with Crippen LogP contribution in [0.15, 0.2) is 18.2 Å². The third-order valence-corrected chi connectivity index (χ3v) is 6.48. The second-order valence-corrected chi connectivity index (χ2v) is 8.46. The summed E-state index contributed by atoms with van der Waals surface area (Å²) >= 11 is 0. The maximum absolute atomic E-state index is 12.9. The van der Waals surface area contributed by atoms with Crippen LogP contribution in [-0.4, -0.2) is 47.4 Å². The van der Waals surface area contributed by atoms with Crippen LogP contribution in [-0.2, 0) is 4.79 Å². The van der Waals surface area contributed by atoms with E-state index < -0.39 is 0 Å². The van der Waals surface area contributed by atoms with E-state index in [1.165, 1.54) is 5.56 Å². The number of hydrogen-bond donors (Lipinski definition) is 1. The molecule has 1 aromatic carbocycles. The molecule has 2 saturated heterocycles. The van der Waals surface area contributed by atoms with Crippen molar-refractivity contribution in [2.24, 2.45) is 5.41 Å². The van der Waals surface area contributed by atoms with Gasteiger partial charge in [-0.05, 0) is 63.1 Å². The highest BCUT2D eigenvalue weighted by Gasteiger charge is 2.46. The highest BCUT2D eigenvalue weighted by atomic mass is 16.2. The largest absolute Gasteiger partial charge is 0.339 e. The Kier molecular flexibility index (Phi) is 4.41. The van der Waals surface area contributed by atoms with Gasteiger partial charge >= 0.3 is 6.03 Å². The Bertz CT molecular complexity index is 728. The Morgan fingerprint density at radius 2 is 2.00 bits per heavy atom. The van der Waals surface area contributed by atoms with E-state index in [0.29, 0.717) is 18.4 Å². The van der Waals surface area contributed by atoms with Crippen LogP contribution in [0.25, 0.3) is 0 Å². The SMILES string of the molecule is Cc1cccc(NC(=O)N2CCCC3(CCC(=O)N(C4CC4)C3)C2)c1C. The lowest BCUT2D eigenvalue weighted by molar-refractivity contribution is -0.139. The van der Waals surface area contributed by atoms with Gasteiger partial charge in [0.15, 0.2) is 0 Å². The average molecular weight is 355 g/mol. The highest BCUT2D eigenvalue weighted by Crippen LogP contribution is 2.42. The maximum atomic E-state index is 12.9. The van der Waals surface area contributed by atoms with Gasteiger partial charge in [-0.1, -0.05) is 12.1 Å². The number of rotatable bonds is 2. The molecule has 1 aliphatic carbocycles. The fourth-order valence-corrected chi connectivity index (χ4v) is 4.56. The lowest BCUT2D eigenvalue weighted by atomic mass is 9.73. The summed E-state index contributed by atoms with van der Waals surface area (Å²) in [7, 11) is 0. The first-order chi connectivity index (χ1) is 12.5. The lowest BCUT2D eigenvalue weighted by Crippen LogP contribution is -2.56. The number of likely N-dealkylation sites (tertiary alicyclic amines) is 2. The molecule has 0 aromatic heterocycles. The van der Waals surface area contributed by atoms with E-state index in [-0.39, 0.29) is 11.4 Å². The van der Waals surface area contributed by atoms with Gasteiger partial charge in [-0.2, -0.15) is 0 Å². The molecule has 1 N–H and O–H groups in total. The number of nitrogens with zero attached hydrogens (tertiary/aromatic N) is 2. The van der Waals surface area contributed by atoms with Crippen molar-refractivity contribution < 1.29 is 9.59 Å². The molecule has 140 valence electrons. The van der Waals surface area contributed by atoms with Crippen LogP contribution in [0, 0.1) is 19.3 Å². The molecule has 1 spiro atoms. The average Bonchev–Trinajstić information content (AvgIpc) is 3.46. The van der Waals surface area contributed by atoms with Gasteiger partial charge in [-0.15, -0.1) is 0 Å². The van der Waals surface area contributed by atoms with Crippen molar-refractivity contribution in [2.75, 3.05) is 25.0 Å². The minimum Gasteiger partial charge on any atom is -0.339 e. The van der Waals surface area contributed by atoms with E-state index in [4.69, 9.17) is 0 Å². The van der Waals surface area contributed by atoms with E-state index in [2.05, 4.69) is 23.2 Å². The number of carbonyl (C=O) groups is 2. The van der Waals surface area contributed by atoms with Crippen molar-refractivity contribution in [3.63, 3.8) is 0 Å². The molecule has 5 heteroatoms. The quantitative estimate of drug-likeness (QED) is 0.879. The highest BCUT2D eigenvalue weighted by molar-refractivity contribution is 5.90. The summed E-state index contributed by atoms with van der Waals surface area (Å²) in [5.41, 5.74) is 3.29. The Balaban J connectivity index is 1.45. The summed E-state index contributed by atoms with van der Waals surface area (Å²) < 4.78 is 0. The third-order valence-electron chi connectivity index (χ3n) is 6.48. The molecule has 2 aliphatic heterocycles. The number of aryl methyl sites for hydroxylation is 1. The van der Waals surface area contributed by atoms with E-state index in [1.807, 2.05) is 24.0 Å². The van der Waals surface area contributed by atoms with Gasteiger partial charge in [0.25, 0.3) is 0 Å². The molecule has 0 radical (unpaired) electrons. The van der Waals surface area contributed by atoms with Gasteiger partial charge in [0.2, 0.25) is 5.91 Å². The first-order valence-corrected chi connectivity index (χ1v) is 9.89. The van der Waals surface area contributed by atoms with Crippen molar-refractivity contribution in [1.82, 2.24) is 9.80 Å². The van der Waals surface area contributed by atoms with Gasteiger partial charge in [0.05, 0.1) is 0 Å². The number of anilines is 1. The molecular formula is C21H29N3O2. The zero-order valence-corrected chi connectivity index (χ0v) is 15.9. The number of hydrogen-bond acceptors (Lipinski definition) is 2. The summed E-state index contributed by atoms with van der Waals surface area (Å²) in [5, 5.41) is 3.10. The van der Waals surface area contributed by atoms with Crippen molar-refractivity contribution in [3.05, 3.63) is 29.3 Å². The van der Waals surface area contributed by atoms with Crippen molar-refractivity contribution in [1.29, 1.82) is 0 Å². The summed E-state index contributed by atoms with van der Waals surface area (Å²) in [6.07, 6.45) is 6.01. The van der Waals surface area contributed by atoms with Crippen molar-refractivity contribution in [2.45, 2.75) is 58.4 Å². The summed E-state index contributed by atoms with van der Waals surface area (Å²) in [4.78, 5) is 29.2. The van der Waals surface area contributed by atoms with Crippen LogP contribution in [0.3, 0.4) is 0 Å². The van der Waals surface area contributed by atoms with Crippen LogP contribution in [0.4, 0.5) is 10.5 Å². The number of piperidine rings is 2. The summed E-state index contributed by atoms with van der Waals surface area (Å²) in [6, 6.07) is 6.47. The molecule has 3 amide bonds. The minimum atomic E-state index is -0.00681. The Labute approximate surface area is 155 Å². The molecule has 1 saturated carbocycles. The standard InChI is InChI=1S/C21H29N3O2/c1-15-5-3-6-18(16(15)2)22-20(26)23-12-4-10-21(13-23)11-9-19(25)24(14-21)17-7-8-17/h3,5-6,17H,4,7-14H2,1-2H3,(H,22,26). The van der Waals surface area contributed by atoms with Gasteiger partial charge in [-0.25, -0.2) is 4.79 Å². The van der Waals surface area contributed by atoms with Crippen LogP contribution in [0.2, 0.25) is 0 Å². The molecule has 2 heterocycles. The predicted octanol–water partition coefficient (Wildman–Crippen LogP) is 3.70. The van der Waals surface area contributed by atoms with Crippen LogP contribution in [0.1, 0.15) is 49.7 Å². The molecule has 1 aromatic rings. The molecule has 1 unspecified atom stereocenters. The number of carbonyl (C=O) groups excluding carboxylic acids is 2. The smallest absolute Gasteiger partial charge is 0.321 e. The second kappa shape index (κ2) is 6.60. The Morgan fingerprint density at radius 3 is 2.77 bits per heavy atom. The fraction of sp³-hybridized carbons (Fsp3) is 0.619. The third kappa shape index (κ3) is 3.31. The van der Waals surface area contributed by atoms with Gasteiger partial charge < -0.3 is 15.1 Å². The number of amides is 3. The minimum absolute atomic E-state index is 0.00681. The van der Waals surface area contributed by atoms with Crippen molar-refractivity contribution in [3.8, 4) is 0 Å². The normalized spacial score (nSPS) is 26.3. The molecule has 26 heavy (non-hydrogen) atoms. The molecule has 3 aliphatic rings. The van der Waals surface area contributed by atoms with E-state index in [9.17, 15) is 9.59 Å². The fourth-order valence-electron chi connectivity index (χ4n) is 4.56. The topological polar surface area (TPSA) is 52.7 Å². The molecular weight excluding hydrogens is 326 g/mol.